The number of esters is 1. The third-order valence-electron chi connectivity index (χ3n) is 2.63. The van der Waals surface area contributed by atoms with Gasteiger partial charge in [0.25, 0.3) is 11.2 Å². The van der Waals surface area contributed by atoms with E-state index >= 15 is 0 Å². The highest BCUT2D eigenvalue weighted by molar-refractivity contribution is 5.73. The lowest BCUT2D eigenvalue weighted by molar-refractivity contribution is -0.385. The van der Waals surface area contributed by atoms with Crippen LogP contribution in [0.4, 0.5) is 5.69 Å². The van der Waals surface area contributed by atoms with E-state index in [9.17, 15) is 19.7 Å². The predicted molar refractivity (Wildman–Crippen MR) is 67.9 cm³/mol. The van der Waals surface area contributed by atoms with Gasteiger partial charge in [-0.3, -0.25) is 19.5 Å². The molecular weight excluding hydrogens is 252 g/mol. The van der Waals surface area contributed by atoms with Crippen molar-refractivity contribution < 1.29 is 14.5 Å². The van der Waals surface area contributed by atoms with Crippen LogP contribution < -0.4 is 5.56 Å². The van der Waals surface area contributed by atoms with Crippen molar-refractivity contribution in [3.63, 3.8) is 0 Å². The maximum Gasteiger partial charge on any atom is 0.328 e. The zero-order valence-electron chi connectivity index (χ0n) is 10.9. The number of hydrogen-bond donors (Lipinski definition) is 0. The van der Waals surface area contributed by atoms with E-state index in [4.69, 9.17) is 4.74 Å². The van der Waals surface area contributed by atoms with Gasteiger partial charge < -0.3 is 4.74 Å². The number of carbonyl (C=O) groups excluding carboxylic acids is 1. The molecule has 0 radical (unpaired) electrons. The topological polar surface area (TPSA) is 91.4 Å². The second kappa shape index (κ2) is 6.67. The SMILES string of the molecule is CCCCOC(=O)C(C)n1cc([N+](=O)[O-])ccc1=O. The first-order valence-electron chi connectivity index (χ1n) is 6.00. The number of pyridine rings is 1. The minimum absolute atomic E-state index is 0.243. The van der Waals surface area contributed by atoms with Gasteiger partial charge in [-0.2, -0.15) is 0 Å². The molecule has 1 rings (SSSR count). The molecule has 1 atom stereocenters. The Morgan fingerprint density at radius 1 is 1.53 bits per heavy atom. The van der Waals surface area contributed by atoms with Crippen molar-refractivity contribution in [3.8, 4) is 0 Å². The Balaban J connectivity index is 2.89. The average Bonchev–Trinajstić information content (AvgIpc) is 2.38. The van der Waals surface area contributed by atoms with Gasteiger partial charge in [0.1, 0.15) is 6.04 Å². The Morgan fingerprint density at radius 2 is 2.21 bits per heavy atom. The van der Waals surface area contributed by atoms with Gasteiger partial charge in [0, 0.05) is 12.1 Å². The first-order chi connectivity index (χ1) is 8.97. The van der Waals surface area contributed by atoms with E-state index in [2.05, 4.69) is 0 Å². The fourth-order valence-electron chi connectivity index (χ4n) is 1.45. The minimum atomic E-state index is -0.885. The largest absolute Gasteiger partial charge is 0.464 e. The Hall–Kier alpha value is -2.18. The van der Waals surface area contributed by atoms with Crippen molar-refractivity contribution in [1.82, 2.24) is 4.57 Å². The minimum Gasteiger partial charge on any atom is -0.464 e. The fraction of sp³-hybridized carbons (Fsp3) is 0.500. The summed E-state index contributed by atoms with van der Waals surface area (Å²) in [6.07, 6.45) is 2.68. The quantitative estimate of drug-likeness (QED) is 0.338. The summed E-state index contributed by atoms with van der Waals surface area (Å²) in [6, 6.07) is 1.28. The van der Waals surface area contributed by atoms with E-state index in [-0.39, 0.29) is 12.3 Å². The Labute approximate surface area is 110 Å². The van der Waals surface area contributed by atoms with Gasteiger partial charge in [0.05, 0.1) is 17.7 Å². The van der Waals surface area contributed by atoms with Gasteiger partial charge >= 0.3 is 5.97 Å². The molecule has 104 valence electrons. The Bertz CT molecular complexity index is 523. The van der Waals surface area contributed by atoms with Crippen LogP contribution in [0.1, 0.15) is 32.7 Å². The number of unbranched alkanes of at least 4 members (excludes halogenated alkanes) is 1. The second-order valence-corrected chi connectivity index (χ2v) is 4.09. The molecule has 0 amide bonds. The van der Waals surface area contributed by atoms with Crippen LogP contribution in [-0.4, -0.2) is 22.1 Å². The number of nitro groups is 1. The molecule has 0 saturated carbocycles. The molecule has 0 saturated heterocycles. The van der Waals surface area contributed by atoms with E-state index in [1.165, 1.54) is 6.92 Å². The average molecular weight is 268 g/mol. The van der Waals surface area contributed by atoms with Crippen molar-refractivity contribution in [2.24, 2.45) is 0 Å². The molecule has 1 aromatic heterocycles. The van der Waals surface area contributed by atoms with E-state index in [1.54, 1.807) is 0 Å². The zero-order valence-corrected chi connectivity index (χ0v) is 10.9. The van der Waals surface area contributed by atoms with E-state index < -0.39 is 22.5 Å². The lowest BCUT2D eigenvalue weighted by Gasteiger charge is -2.13. The first kappa shape index (κ1) is 14.9. The molecule has 1 heterocycles. The van der Waals surface area contributed by atoms with Gasteiger partial charge in [0.2, 0.25) is 0 Å². The van der Waals surface area contributed by atoms with Crippen LogP contribution in [-0.2, 0) is 9.53 Å². The van der Waals surface area contributed by atoms with Gasteiger partial charge in [-0.05, 0) is 13.3 Å². The maximum atomic E-state index is 11.7. The molecule has 1 aromatic rings. The lowest BCUT2D eigenvalue weighted by Crippen LogP contribution is -2.28. The van der Waals surface area contributed by atoms with Crippen molar-refractivity contribution in [1.29, 1.82) is 0 Å². The van der Waals surface area contributed by atoms with Gasteiger partial charge in [-0.25, -0.2) is 4.79 Å². The van der Waals surface area contributed by atoms with Crippen LogP contribution in [0.25, 0.3) is 0 Å². The normalized spacial score (nSPS) is 11.9. The Kier molecular flexibility index (Phi) is 5.23. The second-order valence-electron chi connectivity index (χ2n) is 4.09. The molecule has 0 aliphatic rings. The summed E-state index contributed by atoms with van der Waals surface area (Å²) < 4.78 is 5.99. The monoisotopic (exact) mass is 268 g/mol. The van der Waals surface area contributed by atoms with Crippen molar-refractivity contribution in [3.05, 3.63) is 38.8 Å². The summed E-state index contributed by atoms with van der Waals surface area (Å²) in [6.45, 7) is 3.71. The van der Waals surface area contributed by atoms with E-state index in [1.807, 2.05) is 6.92 Å². The number of rotatable bonds is 6. The summed E-state index contributed by atoms with van der Waals surface area (Å²) in [4.78, 5) is 33.3. The van der Waals surface area contributed by atoms with Gasteiger partial charge in [0.15, 0.2) is 0 Å². The molecule has 1 unspecified atom stereocenters. The number of carbonyl (C=O) groups is 1. The number of hydrogen-bond acceptors (Lipinski definition) is 5. The number of ether oxygens (including phenoxy) is 1. The van der Waals surface area contributed by atoms with Crippen molar-refractivity contribution in [2.45, 2.75) is 32.7 Å². The van der Waals surface area contributed by atoms with Gasteiger partial charge in [-0.1, -0.05) is 13.3 Å². The number of nitrogens with zero attached hydrogens (tertiary/aromatic N) is 2. The molecule has 0 aromatic carbocycles. The molecule has 0 spiro atoms. The van der Waals surface area contributed by atoms with Crippen LogP contribution >= 0.6 is 0 Å². The van der Waals surface area contributed by atoms with Crippen LogP contribution in [0.5, 0.6) is 0 Å². The predicted octanol–water partition coefficient (Wildman–Crippen LogP) is 1.66. The summed E-state index contributed by atoms with van der Waals surface area (Å²) in [5, 5.41) is 10.6. The van der Waals surface area contributed by atoms with Crippen molar-refractivity contribution in [2.75, 3.05) is 6.61 Å². The highest BCUT2D eigenvalue weighted by Gasteiger charge is 2.19. The summed E-state index contributed by atoms with van der Waals surface area (Å²) in [5.41, 5.74) is -0.724. The molecule has 7 heteroatoms. The number of aromatic nitrogens is 1. The van der Waals surface area contributed by atoms with Crippen LogP contribution in [0.3, 0.4) is 0 Å². The standard InChI is InChI=1S/C12H16N2O5/c1-3-4-7-19-12(16)9(2)13-8-10(14(17)18)5-6-11(13)15/h5-6,8-9H,3-4,7H2,1-2H3. The molecular formula is C12H16N2O5. The van der Waals surface area contributed by atoms with Crippen molar-refractivity contribution >= 4 is 11.7 Å². The van der Waals surface area contributed by atoms with Crippen LogP contribution in [0.15, 0.2) is 23.1 Å². The summed E-state index contributed by atoms with van der Waals surface area (Å²) in [7, 11) is 0. The fourth-order valence-corrected chi connectivity index (χ4v) is 1.45. The van der Waals surface area contributed by atoms with Crippen LogP contribution in [0, 0.1) is 10.1 Å². The van der Waals surface area contributed by atoms with Crippen LogP contribution in [0.2, 0.25) is 0 Å². The van der Waals surface area contributed by atoms with E-state index in [0.29, 0.717) is 0 Å². The molecule has 0 aliphatic carbocycles. The molecule has 0 aliphatic heterocycles. The molecule has 7 nitrogen and oxygen atoms in total. The smallest absolute Gasteiger partial charge is 0.328 e. The summed E-state index contributed by atoms with van der Waals surface area (Å²) in [5.74, 6) is -0.573. The zero-order chi connectivity index (χ0) is 14.4. The highest BCUT2D eigenvalue weighted by Crippen LogP contribution is 2.12. The van der Waals surface area contributed by atoms with Gasteiger partial charge in [-0.15, -0.1) is 0 Å². The third kappa shape index (κ3) is 3.90. The highest BCUT2D eigenvalue weighted by atomic mass is 16.6. The molecule has 19 heavy (non-hydrogen) atoms. The third-order valence-corrected chi connectivity index (χ3v) is 2.63. The molecule has 0 bridgehead atoms. The van der Waals surface area contributed by atoms with E-state index in [0.717, 1.165) is 35.7 Å². The maximum absolute atomic E-state index is 11.7. The summed E-state index contributed by atoms with van der Waals surface area (Å²) >= 11 is 0. The Morgan fingerprint density at radius 3 is 2.79 bits per heavy atom. The molecule has 0 N–H and O–H groups in total. The molecule has 0 fully saturated rings. The first-order valence-corrected chi connectivity index (χ1v) is 6.00. The lowest BCUT2D eigenvalue weighted by atomic mass is 10.3.